The minimum absolute atomic E-state index is 0.266. The number of anilines is 3. The van der Waals surface area contributed by atoms with Crippen LogP contribution in [-0.4, -0.2) is 53.2 Å². The van der Waals surface area contributed by atoms with Crippen molar-refractivity contribution in [2.75, 3.05) is 44.0 Å². The Morgan fingerprint density at radius 3 is 2.61 bits per heavy atom. The molecular weight excluding hydrogens is 446 g/mol. The number of hydrogen-bond donors (Lipinski definition) is 2. The Labute approximate surface area is 193 Å². The van der Waals surface area contributed by atoms with Crippen LogP contribution in [0.3, 0.4) is 0 Å². The fraction of sp³-hybridized carbons (Fsp3) is 0.261. The summed E-state index contributed by atoms with van der Waals surface area (Å²) >= 11 is 1.34. The Balaban J connectivity index is 1.41. The highest BCUT2D eigenvalue weighted by Crippen LogP contribution is 2.36. The number of aromatic nitrogens is 3. The predicted molar refractivity (Wildman–Crippen MR) is 126 cm³/mol. The number of benzene rings is 1. The van der Waals surface area contributed by atoms with E-state index < -0.39 is 11.6 Å². The van der Waals surface area contributed by atoms with Crippen LogP contribution in [0.1, 0.15) is 5.56 Å². The van der Waals surface area contributed by atoms with Gasteiger partial charge in [-0.05, 0) is 29.8 Å². The average molecular weight is 469 g/mol. The van der Waals surface area contributed by atoms with Gasteiger partial charge in [-0.3, -0.25) is 4.90 Å². The van der Waals surface area contributed by atoms with Gasteiger partial charge in [0.05, 0.1) is 13.2 Å². The molecular formula is C23H22F2N6OS. The molecule has 5 rings (SSSR count). The van der Waals surface area contributed by atoms with Gasteiger partial charge in [-0.1, -0.05) is 17.4 Å². The predicted octanol–water partition coefficient (Wildman–Crippen LogP) is 4.65. The first-order chi connectivity index (χ1) is 16.1. The van der Waals surface area contributed by atoms with Gasteiger partial charge in [-0.15, -0.1) is 0 Å². The van der Waals surface area contributed by atoms with Crippen LogP contribution in [0.25, 0.3) is 21.5 Å². The van der Waals surface area contributed by atoms with Gasteiger partial charge < -0.3 is 15.4 Å². The Morgan fingerprint density at radius 2 is 1.88 bits per heavy atom. The largest absolute Gasteiger partial charge is 0.379 e. The van der Waals surface area contributed by atoms with E-state index in [1.165, 1.54) is 23.5 Å². The van der Waals surface area contributed by atoms with Crippen LogP contribution in [0, 0.1) is 11.6 Å². The van der Waals surface area contributed by atoms with Gasteiger partial charge in [-0.2, -0.15) is 0 Å². The molecule has 0 saturated carbocycles. The molecule has 0 radical (unpaired) electrons. The van der Waals surface area contributed by atoms with Crippen molar-refractivity contribution in [3.63, 3.8) is 0 Å². The number of nitrogens with zero attached hydrogens (tertiary/aromatic N) is 4. The maximum absolute atomic E-state index is 14.5. The molecule has 0 aliphatic carbocycles. The lowest BCUT2D eigenvalue weighted by Gasteiger charge is -2.26. The first kappa shape index (κ1) is 21.6. The number of morpholine rings is 1. The number of ether oxygens (including phenoxy) is 1. The third-order valence-electron chi connectivity index (χ3n) is 5.41. The first-order valence-electron chi connectivity index (χ1n) is 10.6. The summed E-state index contributed by atoms with van der Waals surface area (Å²) in [5.41, 5.74) is 2.47. The maximum atomic E-state index is 14.5. The van der Waals surface area contributed by atoms with E-state index in [-0.39, 0.29) is 5.56 Å². The lowest BCUT2D eigenvalue weighted by Crippen LogP contribution is -2.35. The molecule has 7 nitrogen and oxygen atoms in total. The minimum atomic E-state index is -0.649. The lowest BCUT2D eigenvalue weighted by molar-refractivity contribution is 0.0341. The molecule has 0 spiro atoms. The van der Waals surface area contributed by atoms with E-state index in [9.17, 15) is 8.78 Å². The molecule has 0 bridgehead atoms. The van der Waals surface area contributed by atoms with Crippen LogP contribution in [-0.2, 0) is 11.3 Å². The summed E-state index contributed by atoms with van der Waals surface area (Å²) in [7, 11) is 1.74. The smallest absolute Gasteiger partial charge is 0.190 e. The van der Waals surface area contributed by atoms with Crippen molar-refractivity contribution in [3.05, 3.63) is 59.8 Å². The molecule has 4 heterocycles. The highest BCUT2D eigenvalue weighted by molar-refractivity contribution is 7.21. The summed E-state index contributed by atoms with van der Waals surface area (Å²) in [6.45, 7) is 4.20. The fourth-order valence-corrected chi connectivity index (χ4v) is 4.60. The van der Waals surface area contributed by atoms with E-state index in [1.54, 1.807) is 13.1 Å². The van der Waals surface area contributed by atoms with Gasteiger partial charge in [0.2, 0.25) is 0 Å². The molecule has 1 aliphatic rings. The Kier molecular flexibility index (Phi) is 6.12. The number of nitrogens with one attached hydrogen (secondary N) is 2. The van der Waals surface area contributed by atoms with Gasteiger partial charge in [0.1, 0.15) is 33.6 Å². The molecule has 0 unspecified atom stereocenters. The molecule has 1 aliphatic heterocycles. The second-order valence-electron chi connectivity index (χ2n) is 7.67. The van der Waals surface area contributed by atoms with E-state index >= 15 is 0 Å². The van der Waals surface area contributed by atoms with Gasteiger partial charge in [0.15, 0.2) is 5.13 Å². The number of pyridine rings is 2. The van der Waals surface area contributed by atoms with Crippen LogP contribution in [0.2, 0.25) is 0 Å². The molecule has 0 amide bonds. The van der Waals surface area contributed by atoms with Crippen molar-refractivity contribution in [1.82, 2.24) is 19.9 Å². The normalized spacial score (nSPS) is 14.5. The summed E-state index contributed by atoms with van der Waals surface area (Å²) in [6, 6.07) is 9.18. The zero-order chi connectivity index (χ0) is 22.8. The third-order valence-corrected chi connectivity index (χ3v) is 6.28. The average Bonchev–Trinajstić information content (AvgIpc) is 3.23. The molecule has 1 aromatic carbocycles. The maximum Gasteiger partial charge on any atom is 0.190 e. The third kappa shape index (κ3) is 4.77. The molecule has 33 heavy (non-hydrogen) atoms. The minimum Gasteiger partial charge on any atom is -0.379 e. The molecule has 2 N–H and O–H groups in total. The van der Waals surface area contributed by atoms with Gasteiger partial charge in [0, 0.05) is 50.1 Å². The molecule has 10 heteroatoms. The highest BCUT2D eigenvalue weighted by Gasteiger charge is 2.17. The van der Waals surface area contributed by atoms with Gasteiger partial charge in [0.25, 0.3) is 0 Å². The number of fused-ring (bicyclic) bond motifs is 1. The van der Waals surface area contributed by atoms with Gasteiger partial charge >= 0.3 is 0 Å². The molecule has 0 atom stereocenters. The van der Waals surface area contributed by atoms with E-state index in [1.807, 2.05) is 18.3 Å². The zero-order valence-corrected chi connectivity index (χ0v) is 18.8. The number of thiazole rings is 1. The topological polar surface area (TPSA) is 75.2 Å². The second kappa shape index (κ2) is 9.34. The van der Waals surface area contributed by atoms with Crippen LogP contribution < -0.4 is 10.6 Å². The highest BCUT2D eigenvalue weighted by atomic mass is 32.1. The summed E-state index contributed by atoms with van der Waals surface area (Å²) in [5.74, 6) is -0.0473. The van der Waals surface area contributed by atoms with Crippen molar-refractivity contribution < 1.29 is 13.5 Å². The van der Waals surface area contributed by atoms with Crippen LogP contribution in [0.4, 0.5) is 25.5 Å². The monoisotopic (exact) mass is 468 g/mol. The van der Waals surface area contributed by atoms with Gasteiger partial charge in [-0.25, -0.2) is 23.7 Å². The quantitative estimate of drug-likeness (QED) is 0.427. The summed E-state index contributed by atoms with van der Waals surface area (Å²) in [6.07, 6.45) is 1.85. The first-order valence-corrected chi connectivity index (χ1v) is 11.4. The van der Waals surface area contributed by atoms with Crippen molar-refractivity contribution >= 4 is 38.5 Å². The fourth-order valence-electron chi connectivity index (χ4n) is 3.72. The second-order valence-corrected chi connectivity index (χ2v) is 8.64. The summed E-state index contributed by atoms with van der Waals surface area (Å²) < 4.78 is 33.3. The molecule has 4 aromatic rings. The molecule has 1 fully saturated rings. The summed E-state index contributed by atoms with van der Waals surface area (Å²) in [4.78, 5) is 16.7. The van der Waals surface area contributed by atoms with Crippen molar-refractivity contribution in [3.8, 4) is 11.1 Å². The Hall–Kier alpha value is -3.21. The van der Waals surface area contributed by atoms with Crippen molar-refractivity contribution in [1.29, 1.82) is 0 Å². The van der Waals surface area contributed by atoms with Crippen LogP contribution in [0.15, 0.2) is 42.6 Å². The number of rotatable bonds is 6. The Bertz CT molecular complexity index is 1270. The lowest BCUT2D eigenvalue weighted by atomic mass is 10.1. The van der Waals surface area contributed by atoms with E-state index in [2.05, 4.69) is 30.5 Å². The van der Waals surface area contributed by atoms with Crippen LogP contribution in [0.5, 0.6) is 0 Å². The number of halogens is 2. The number of hydrogen-bond acceptors (Lipinski definition) is 8. The van der Waals surface area contributed by atoms with Crippen molar-refractivity contribution in [2.45, 2.75) is 6.54 Å². The Morgan fingerprint density at radius 1 is 1.03 bits per heavy atom. The standard InChI is InChI=1S/C23H22F2N6OS/c1-26-20-11-17(16-4-3-15(24)10-18(16)25)21-22(28-20)33-23(30-21)29-19-5-2-14(12-27-19)13-31-6-8-32-9-7-31/h2-5,10-12H,6-9,13H2,1H3,(H,26,28)(H,27,29,30). The molecule has 1 saturated heterocycles. The molecule has 170 valence electrons. The summed E-state index contributed by atoms with van der Waals surface area (Å²) in [5, 5.41) is 6.78. The van der Waals surface area contributed by atoms with Crippen molar-refractivity contribution in [2.24, 2.45) is 0 Å². The van der Waals surface area contributed by atoms with Crippen LogP contribution >= 0.6 is 11.3 Å². The SMILES string of the molecule is CNc1cc(-c2ccc(F)cc2F)c2nc(Nc3ccc(CN4CCOCC4)cn3)sc2n1. The van der Waals surface area contributed by atoms with E-state index in [0.29, 0.717) is 32.7 Å². The molecule has 3 aromatic heterocycles. The van der Waals surface area contributed by atoms with E-state index in [0.717, 1.165) is 44.5 Å². The zero-order valence-electron chi connectivity index (χ0n) is 17.9. The van der Waals surface area contributed by atoms with E-state index in [4.69, 9.17) is 4.74 Å².